The lowest BCUT2D eigenvalue weighted by molar-refractivity contribution is -0.121. The summed E-state index contributed by atoms with van der Waals surface area (Å²) >= 11 is 5.97. The monoisotopic (exact) mass is 380 g/mol. The van der Waals surface area contributed by atoms with Crippen molar-refractivity contribution in [2.24, 2.45) is 0 Å². The zero-order chi connectivity index (χ0) is 16.8. The molecule has 1 aliphatic heterocycles. The van der Waals surface area contributed by atoms with Gasteiger partial charge in [0, 0.05) is 17.6 Å². The lowest BCUT2D eigenvalue weighted by atomic mass is 10.1. The third-order valence-corrected chi connectivity index (χ3v) is 4.22. The van der Waals surface area contributed by atoms with E-state index in [-0.39, 0.29) is 24.4 Å². The van der Waals surface area contributed by atoms with E-state index in [0.29, 0.717) is 18.1 Å². The maximum atomic E-state index is 12.1. The lowest BCUT2D eigenvalue weighted by Gasteiger charge is -2.12. The minimum Gasteiger partial charge on any atom is -0.489 e. The number of carbonyl (C=O) groups excluding carboxylic acids is 1. The van der Waals surface area contributed by atoms with Crippen LogP contribution in [0, 0.1) is 0 Å². The van der Waals surface area contributed by atoms with Crippen LogP contribution in [0.5, 0.6) is 5.75 Å². The van der Waals surface area contributed by atoms with Crippen LogP contribution in [0.25, 0.3) is 0 Å². The molecule has 0 radical (unpaired) electrons. The van der Waals surface area contributed by atoms with Crippen molar-refractivity contribution in [1.82, 2.24) is 10.6 Å². The Labute approximate surface area is 159 Å². The van der Waals surface area contributed by atoms with Gasteiger partial charge >= 0.3 is 0 Å². The average Bonchev–Trinajstić information content (AvgIpc) is 3.06. The van der Waals surface area contributed by atoms with E-state index in [9.17, 15) is 4.79 Å². The molecule has 3 rings (SSSR count). The van der Waals surface area contributed by atoms with Crippen molar-refractivity contribution in [2.75, 3.05) is 13.1 Å². The topological polar surface area (TPSA) is 50.4 Å². The third-order valence-electron chi connectivity index (χ3n) is 3.98. The van der Waals surface area contributed by atoms with Crippen LogP contribution in [0.15, 0.2) is 48.5 Å². The van der Waals surface area contributed by atoms with Gasteiger partial charge in [0.15, 0.2) is 0 Å². The van der Waals surface area contributed by atoms with Gasteiger partial charge in [-0.05, 0) is 48.4 Å². The number of carbonyl (C=O) groups is 1. The van der Waals surface area contributed by atoms with Gasteiger partial charge < -0.3 is 15.4 Å². The number of hydrogen-bond donors (Lipinski definition) is 2. The van der Waals surface area contributed by atoms with Gasteiger partial charge in [-0.1, -0.05) is 35.9 Å². The van der Waals surface area contributed by atoms with Crippen LogP contribution in [0.2, 0.25) is 5.02 Å². The molecule has 1 saturated heterocycles. The number of nitrogens with one attached hydrogen (secondary N) is 2. The Balaban J connectivity index is 0.00000225. The third kappa shape index (κ3) is 6.24. The van der Waals surface area contributed by atoms with Crippen LogP contribution in [0.4, 0.5) is 0 Å². The maximum Gasteiger partial charge on any atom is 0.224 e. The van der Waals surface area contributed by atoms with E-state index in [0.717, 1.165) is 36.4 Å². The summed E-state index contributed by atoms with van der Waals surface area (Å²) < 4.78 is 5.80. The van der Waals surface area contributed by atoms with Crippen LogP contribution in [-0.2, 0) is 17.8 Å². The molecule has 0 aromatic heterocycles. The summed E-state index contributed by atoms with van der Waals surface area (Å²) in [7, 11) is 0. The van der Waals surface area contributed by atoms with Gasteiger partial charge in [0.1, 0.15) is 12.4 Å². The molecule has 2 aromatic rings. The summed E-state index contributed by atoms with van der Waals surface area (Å²) in [5.41, 5.74) is 1.96. The molecule has 6 heteroatoms. The molecule has 0 aliphatic carbocycles. The molecule has 1 amide bonds. The van der Waals surface area contributed by atoms with E-state index in [1.165, 1.54) is 0 Å². The minimum absolute atomic E-state index is 0. The molecular formula is C19H22Cl2N2O2. The van der Waals surface area contributed by atoms with Gasteiger partial charge in [-0.2, -0.15) is 0 Å². The molecule has 2 aromatic carbocycles. The molecule has 1 unspecified atom stereocenters. The molecule has 2 N–H and O–H groups in total. The number of halogens is 2. The van der Waals surface area contributed by atoms with Crippen LogP contribution in [0.3, 0.4) is 0 Å². The Hall–Kier alpha value is -1.75. The average molecular weight is 381 g/mol. The van der Waals surface area contributed by atoms with Crippen LogP contribution < -0.4 is 15.4 Å². The highest BCUT2D eigenvalue weighted by molar-refractivity contribution is 6.30. The first kappa shape index (κ1) is 19.6. The normalized spacial score (nSPS) is 16.1. The van der Waals surface area contributed by atoms with E-state index < -0.39 is 0 Å². The van der Waals surface area contributed by atoms with Crippen LogP contribution >= 0.6 is 24.0 Å². The fourth-order valence-corrected chi connectivity index (χ4v) is 2.99. The maximum absolute atomic E-state index is 12.1. The predicted octanol–water partition coefficient (Wildman–Crippen LogP) is 3.36. The zero-order valence-electron chi connectivity index (χ0n) is 13.8. The van der Waals surface area contributed by atoms with Crippen molar-refractivity contribution in [3.63, 3.8) is 0 Å². The molecule has 1 fully saturated rings. The molecular weight excluding hydrogens is 359 g/mol. The number of amides is 1. The quantitative estimate of drug-likeness (QED) is 0.807. The van der Waals surface area contributed by atoms with Crippen molar-refractivity contribution < 1.29 is 9.53 Å². The summed E-state index contributed by atoms with van der Waals surface area (Å²) in [6.07, 6.45) is 1.36. The number of ether oxygens (including phenoxy) is 1. The van der Waals surface area contributed by atoms with Gasteiger partial charge in [-0.25, -0.2) is 0 Å². The first-order valence-electron chi connectivity index (χ1n) is 8.15. The smallest absolute Gasteiger partial charge is 0.224 e. The van der Waals surface area contributed by atoms with E-state index in [1.54, 1.807) is 0 Å². The largest absolute Gasteiger partial charge is 0.489 e. The second-order valence-corrected chi connectivity index (χ2v) is 6.44. The SMILES string of the molecule is Cl.O=C(Cc1cccc(OCc2cccc(Cl)c2)c1)NC1CCNC1. The van der Waals surface area contributed by atoms with Gasteiger partial charge in [0.2, 0.25) is 5.91 Å². The number of benzene rings is 2. The van der Waals surface area contributed by atoms with E-state index in [1.807, 2.05) is 48.5 Å². The van der Waals surface area contributed by atoms with Crippen molar-refractivity contribution in [3.05, 3.63) is 64.7 Å². The standard InChI is InChI=1S/C19H21ClN2O2.ClH/c20-16-5-1-4-15(9-16)13-24-18-6-2-3-14(10-18)11-19(23)22-17-7-8-21-12-17;/h1-6,9-10,17,21H,7-8,11-13H2,(H,22,23);1H. The Morgan fingerprint density at radius 3 is 2.76 bits per heavy atom. The Morgan fingerprint density at radius 2 is 2.00 bits per heavy atom. The van der Waals surface area contributed by atoms with Crippen molar-refractivity contribution in [1.29, 1.82) is 0 Å². The number of hydrogen-bond acceptors (Lipinski definition) is 3. The number of rotatable bonds is 6. The van der Waals surface area contributed by atoms with E-state index >= 15 is 0 Å². The Kier molecular flexibility index (Phi) is 7.56. The first-order chi connectivity index (χ1) is 11.7. The lowest BCUT2D eigenvalue weighted by Crippen LogP contribution is -2.37. The fourth-order valence-electron chi connectivity index (χ4n) is 2.78. The summed E-state index contributed by atoms with van der Waals surface area (Å²) in [5, 5.41) is 6.99. The van der Waals surface area contributed by atoms with Crippen molar-refractivity contribution >= 4 is 29.9 Å². The predicted molar refractivity (Wildman–Crippen MR) is 103 cm³/mol. The van der Waals surface area contributed by atoms with Gasteiger partial charge in [0.25, 0.3) is 0 Å². The molecule has 1 heterocycles. The van der Waals surface area contributed by atoms with Crippen LogP contribution in [0.1, 0.15) is 17.5 Å². The summed E-state index contributed by atoms with van der Waals surface area (Å²) in [6, 6.07) is 15.5. The minimum atomic E-state index is 0. The molecule has 1 atom stereocenters. The highest BCUT2D eigenvalue weighted by Crippen LogP contribution is 2.17. The zero-order valence-corrected chi connectivity index (χ0v) is 15.4. The highest BCUT2D eigenvalue weighted by Gasteiger charge is 2.16. The molecule has 0 saturated carbocycles. The van der Waals surface area contributed by atoms with Crippen molar-refractivity contribution in [2.45, 2.75) is 25.5 Å². The van der Waals surface area contributed by atoms with Gasteiger partial charge in [0.05, 0.1) is 6.42 Å². The molecule has 0 bridgehead atoms. The van der Waals surface area contributed by atoms with Gasteiger partial charge in [-0.15, -0.1) is 12.4 Å². The fraction of sp³-hybridized carbons (Fsp3) is 0.316. The van der Waals surface area contributed by atoms with Crippen LogP contribution in [-0.4, -0.2) is 25.0 Å². The Bertz CT molecular complexity index is 703. The molecule has 0 spiro atoms. The molecule has 1 aliphatic rings. The first-order valence-corrected chi connectivity index (χ1v) is 8.53. The summed E-state index contributed by atoms with van der Waals surface area (Å²) in [4.78, 5) is 12.1. The van der Waals surface area contributed by atoms with Gasteiger partial charge in [-0.3, -0.25) is 4.79 Å². The van der Waals surface area contributed by atoms with Crippen molar-refractivity contribution in [3.8, 4) is 5.75 Å². The second kappa shape index (κ2) is 9.66. The summed E-state index contributed by atoms with van der Waals surface area (Å²) in [5.74, 6) is 0.804. The molecule has 25 heavy (non-hydrogen) atoms. The summed E-state index contributed by atoms with van der Waals surface area (Å²) in [6.45, 7) is 2.27. The molecule has 134 valence electrons. The van der Waals surface area contributed by atoms with E-state index in [4.69, 9.17) is 16.3 Å². The second-order valence-electron chi connectivity index (χ2n) is 6.00. The Morgan fingerprint density at radius 1 is 1.20 bits per heavy atom. The van der Waals surface area contributed by atoms with E-state index in [2.05, 4.69) is 10.6 Å². The highest BCUT2D eigenvalue weighted by atomic mass is 35.5. The molecule has 4 nitrogen and oxygen atoms in total.